The van der Waals surface area contributed by atoms with Crippen molar-refractivity contribution in [2.75, 3.05) is 0 Å². The predicted molar refractivity (Wildman–Crippen MR) is 64.3 cm³/mol. The second-order valence-electron chi connectivity index (χ2n) is 4.54. The van der Waals surface area contributed by atoms with Crippen LogP contribution >= 0.6 is 0 Å². The Kier molecular flexibility index (Phi) is 2.40. The molecule has 0 aliphatic heterocycles. The maximum atomic E-state index is 5.68. The van der Waals surface area contributed by atoms with Gasteiger partial charge in [-0.1, -0.05) is 12.5 Å². The zero-order chi connectivity index (χ0) is 11.0. The van der Waals surface area contributed by atoms with Gasteiger partial charge in [-0.3, -0.25) is 0 Å². The van der Waals surface area contributed by atoms with Gasteiger partial charge in [0.15, 0.2) is 0 Å². The minimum absolute atomic E-state index is 0.600. The second-order valence-corrected chi connectivity index (χ2v) is 4.54. The number of hydrogen-bond acceptors (Lipinski definition) is 2. The summed E-state index contributed by atoms with van der Waals surface area (Å²) in [5.41, 5.74) is 10.6. The molecule has 0 saturated carbocycles. The number of aryl methyl sites for hydroxylation is 2. The zero-order valence-corrected chi connectivity index (χ0v) is 9.45. The zero-order valence-electron chi connectivity index (χ0n) is 9.45. The van der Waals surface area contributed by atoms with Crippen LogP contribution in [0.4, 0.5) is 0 Å². The van der Waals surface area contributed by atoms with E-state index in [1.54, 1.807) is 0 Å². The fraction of sp³-hybridized carbons (Fsp3) is 0.462. The van der Waals surface area contributed by atoms with Crippen LogP contribution in [-0.2, 0) is 19.4 Å². The first-order chi connectivity index (χ1) is 7.88. The van der Waals surface area contributed by atoms with E-state index in [4.69, 9.17) is 10.7 Å². The molecule has 2 heterocycles. The van der Waals surface area contributed by atoms with Crippen molar-refractivity contribution in [3.63, 3.8) is 0 Å². The maximum Gasteiger partial charge on any atom is 0.137 e. The molecule has 0 bridgehead atoms. The molecule has 0 unspecified atom stereocenters. The Hall–Kier alpha value is -1.35. The van der Waals surface area contributed by atoms with E-state index in [9.17, 15) is 0 Å². The first-order valence-electron chi connectivity index (χ1n) is 6.07. The molecule has 0 aromatic carbocycles. The van der Waals surface area contributed by atoms with Gasteiger partial charge in [-0.25, -0.2) is 4.98 Å². The highest BCUT2D eigenvalue weighted by Crippen LogP contribution is 2.22. The lowest BCUT2D eigenvalue weighted by atomic mass is 10.2. The summed E-state index contributed by atoms with van der Waals surface area (Å²) in [5, 5.41) is 0. The van der Waals surface area contributed by atoms with Gasteiger partial charge in [-0.15, -0.1) is 0 Å². The van der Waals surface area contributed by atoms with Crippen LogP contribution in [0.25, 0.3) is 5.65 Å². The summed E-state index contributed by atoms with van der Waals surface area (Å²) < 4.78 is 2.24. The molecule has 0 atom stereocenters. The molecule has 0 fully saturated rings. The van der Waals surface area contributed by atoms with Crippen LogP contribution in [0, 0.1) is 0 Å². The summed E-state index contributed by atoms with van der Waals surface area (Å²) in [6.07, 6.45) is 8.33. The molecule has 3 heteroatoms. The van der Waals surface area contributed by atoms with Crippen LogP contribution in [0.3, 0.4) is 0 Å². The van der Waals surface area contributed by atoms with Gasteiger partial charge in [0.25, 0.3) is 0 Å². The standard InChI is InChI=1S/C13H17N3/c14-8-10-6-7-13-15-11-4-2-1-3-5-12(11)16(13)9-10/h6-7,9H,1-5,8,14H2. The van der Waals surface area contributed by atoms with Crippen molar-refractivity contribution in [2.45, 2.75) is 38.6 Å². The number of fused-ring (bicyclic) bond motifs is 3. The highest BCUT2D eigenvalue weighted by Gasteiger charge is 2.14. The number of pyridine rings is 1. The van der Waals surface area contributed by atoms with Gasteiger partial charge in [0, 0.05) is 18.4 Å². The molecule has 0 saturated heterocycles. The third kappa shape index (κ3) is 1.52. The minimum Gasteiger partial charge on any atom is -0.326 e. The molecule has 0 radical (unpaired) electrons. The number of rotatable bonds is 1. The van der Waals surface area contributed by atoms with Crippen molar-refractivity contribution in [1.82, 2.24) is 9.38 Å². The average molecular weight is 215 g/mol. The summed E-state index contributed by atoms with van der Waals surface area (Å²) in [4.78, 5) is 4.71. The first-order valence-corrected chi connectivity index (χ1v) is 6.07. The SMILES string of the molecule is NCc1ccc2nc3c(n2c1)CCCCC3. The molecule has 2 aromatic heterocycles. The lowest BCUT2D eigenvalue weighted by Crippen LogP contribution is -2.00. The van der Waals surface area contributed by atoms with Gasteiger partial charge in [0.2, 0.25) is 0 Å². The van der Waals surface area contributed by atoms with E-state index in [2.05, 4.69) is 22.7 Å². The third-order valence-electron chi connectivity index (χ3n) is 3.42. The van der Waals surface area contributed by atoms with E-state index < -0.39 is 0 Å². The summed E-state index contributed by atoms with van der Waals surface area (Å²) in [5.74, 6) is 0. The van der Waals surface area contributed by atoms with E-state index in [1.807, 2.05) is 0 Å². The summed E-state index contributed by atoms with van der Waals surface area (Å²) >= 11 is 0. The average Bonchev–Trinajstić information content (AvgIpc) is 2.50. The van der Waals surface area contributed by atoms with E-state index in [1.165, 1.54) is 36.2 Å². The molecule has 2 N–H and O–H groups in total. The number of imidazole rings is 1. The van der Waals surface area contributed by atoms with Crippen LogP contribution in [0.1, 0.15) is 36.2 Å². The fourth-order valence-electron chi connectivity index (χ4n) is 2.53. The Bertz CT molecular complexity index is 513. The molecule has 0 spiro atoms. The second kappa shape index (κ2) is 3.91. The lowest BCUT2D eigenvalue weighted by molar-refractivity contribution is 0.701. The number of nitrogens with zero attached hydrogens (tertiary/aromatic N) is 2. The molecule has 0 amide bonds. The number of aromatic nitrogens is 2. The Balaban J connectivity index is 2.19. The van der Waals surface area contributed by atoms with Crippen molar-refractivity contribution < 1.29 is 0 Å². The van der Waals surface area contributed by atoms with Gasteiger partial charge in [-0.05, 0) is 37.3 Å². The molecule has 3 rings (SSSR count). The van der Waals surface area contributed by atoms with Gasteiger partial charge in [-0.2, -0.15) is 0 Å². The van der Waals surface area contributed by atoms with Gasteiger partial charge >= 0.3 is 0 Å². The Morgan fingerprint density at radius 2 is 2.06 bits per heavy atom. The molecule has 2 aromatic rings. The Morgan fingerprint density at radius 3 is 2.94 bits per heavy atom. The predicted octanol–water partition coefficient (Wildman–Crippen LogP) is 2.06. The molecular formula is C13H17N3. The monoisotopic (exact) mass is 215 g/mol. The molecular weight excluding hydrogens is 198 g/mol. The molecule has 1 aliphatic rings. The fourth-order valence-corrected chi connectivity index (χ4v) is 2.53. The normalized spacial score (nSPS) is 16.1. The first kappa shape index (κ1) is 9.85. The van der Waals surface area contributed by atoms with Crippen molar-refractivity contribution in [3.05, 3.63) is 35.3 Å². The number of nitrogens with two attached hydrogens (primary N) is 1. The highest BCUT2D eigenvalue weighted by atomic mass is 15.0. The van der Waals surface area contributed by atoms with Gasteiger partial charge < -0.3 is 10.1 Å². The lowest BCUT2D eigenvalue weighted by Gasteiger charge is -2.03. The van der Waals surface area contributed by atoms with Gasteiger partial charge in [0.05, 0.1) is 5.69 Å². The van der Waals surface area contributed by atoms with E-state index >= 15 is 0 Å². The summed E-state index contributed by atoms with van der Waals surface area (Å²) in [7, 11) is 0. The van der Waals surface area contributed by atoms with Crippen LogP contribution in [-0.4, -0.2) is 9.38 Å². The van der Waals surface area contributed by atoms with Crippen molar-refractivity contribution >= 4 is 5.65 Å². The molecule has 1 aliphatic carbocycles. The van der Waals surface area contributed by atoms with Crippen molar-refractivity contribution in [3.8, 4) is 0 Å². The van der Waals surface area contributed by atoms with Crippen LogP contribution < -0.4 is 5.73 Å². The van der Waals surface area contributed by atoms with E-state index in [-0.39, 0.29) is 0 Å². The van der Waals surface area contributed by atoms with Gasteiger partial charge in [0.1, 0.15) is 5.65 Å². The molecule has 16 heavy (non-hydrogen) atoms. The maximum absolute atomic E-state index is 5.68. The molecule has 84 valence electrons. The van der Waals surface area contributed by atoms with Crippen LogP contribution in [0.5, 0.6) is 0 Å². The largest absolute Gasteiger partial charge is 0.326 e. The Morgan fingerprint density at radius 1 is 1.19 bits per heavy atom. The topological polar surface area (TPSA) is 43.3 Å². The number of hydrogen-bond donors (Lipinski definition) is 1. The van der Waals surface area contributed by atoms with E-state index in [0.717, 1.165) is 18.5 Å². The van der Waals surface area contributed by atoms with Crippen LogP contribution in [0.15, 0.2) is 18.3 Å². The summed E-state index contributed by atoms with van der Waals surface area (Å²) in [6, 6.07) is 4.15. The van der Waals surface area contributed by atoms with E-state index in [0.29, 0.717) is 6.54 Å². The highest BCUT2D eigenvalue weighted by molar-refractivity contribution is 5.45. The Labute approximate surface area is 95.3 Å². The van der Waals surface area contributed by atoms with Crippen LogP contribution in [0.2, 0.25) is 0 Å². The van der Waals surface area contributed by atoms with Crippen molar-refractivity contribution in [1.29, 1.82) is 0 Å². The van der Waals surface area contributed by atoms with Crippen molar-refractivity contribution in [2.24, 2.45) is 5.73 Å². The summed E-state index contributed by atoms with van der Waals surface area (Å²) in [6.45, 7) is 0.600. The molecule has 3 nitrogen and oxygen atoms in total. The minimum atomic E-state index is 0.600. The quantitative estimate of drug-likeness (QED) is 0.740. The smallest absolute Gasteiger partial charge is 0.137 e. The third-order valence-corrected chi connectivity index (χ3v) is 3.42.